The molecule has 0 bridgehead atoms. The number of alkyl halides is 2. The molecule has 7 heterocycles. The van der Waals surface area contributed by atoms with Gasteiger partial charge in [-0.2, -0.15) is 5.10 Å². The van der Waals surface area contributed by atoms with E-state index in [1.807, 2.05) is 43.3 Å². The number of likely N-dealkylation sites (N-methyl/N-ethyl adjacent to an activating group) is 1. The molecule has 2 amide bonds. The molecule has 67 heavy (non-hydrogen) atoms. The normalized spacial score (nSPS) is 22.5. The lowest BCUT2D eigenvalue weighted by molar-refractivity contribution is -0.135. The molecular weight excluding hydrogens is 865 g/mol. The Labute approximate surface area is 391 Å². The van der Waals surface area contributed by atoms with Crippen molar-refractivity contribution in [1.82, 2.24) is 49.7 Å². The number of methoxy groups -OCH3 is 1. The van der Waals surface area contributed by atoms with E-state index >= 15 is 0 Å². The van der Waals surface area contributed by atoms with Crippen molar-refractivity contribution in [3.05, 3.63) is 70.2 Å². The fourth-order valence-electron chi connectivity index (χ4n) is 9.28. The van der Waals surface area contributed by atoms with E-state index in [1.54, 1.807) is 38.0 Å². The fraction of sp³-hybridized carbons (Fsp3) is 0.583. The summed E-state index contributed by atoms with van der Waals surface area (Å²) in [4.78, 5) is 56.7. The van der Waals surface area contributed by atoms with Crippen LogP contribution in [-0.4, -0.2) is 136 Å². The molecule has 4 aliphatic heterocycles. The van der Waals surface area contributed by atoms with E-state index in [9.17, 15) is 28.0 Å². The quantitative estimate of drug-likeness (QED) is 0.119. The summed E-state index contributed by atoms with van der Waals surface area (Å²) < 4.78 is 41.4. The second-order valence-corrected chi connectivity index (χ2v) is 17.3. The van der Waals surface area contributed by atoms with Crippen molar-refractivity contribution in [2.75, 3.05) is 52.3 Å². The lowest BCUT2D eigenvalue weighted by atomic mass is 9.95. The predicted molar refractivity (Wildman–Crippen MR) is 253 cm³/mol. The van der Waals surface area contributed by atoms with Gasteiger partial charge in [-0.15, -0.1) is 0 Å². The van der Waals surface area contributed by atoms with Gasteiger partial charge in [0.1, 0.15) is 24.5 Å². The van der Waals surface area contributed by atoms with Crippen molar-refractivity contribution < 1.29 is 32.6 Å². The third-order valence-corrected chi connectivity index (χ3v) is 13.0. The van der Waals surface area contributed by atoms with Crippen molar-refractivity contribution in [2.24, 2.45) is 7.05 Å². The van der Waals surface area contributed by atoms with E-state index in [-0.39, 0.29) is 30.2 Å². The number of aromatic nitrogens is 5. The molecule has 3 saturated heterocycles. The highest BCUT2D eigenvalue weighted by atomic mass is 19.3. The Bertz CT molecular complexity index is 2460. The van der Waals surface area contributed by atoms with Crippen LogP contribution in [0.25, 0.3) is 16.7 Å². The number of anilines is 1. The van der Waals surface area contributed by atoms with Gasteiger partial charge in [0.2, 0.25) is 11.8 Å². The first-order chi connectivity index (χ1) is 32.4. The van der Waals surface area contributed by atoms with Gasteiger partial charge in [0, 0.05) is 71.7 Å². The highest BCUT2D eigenvalue weighted by molar-refractivity contribution is 6.00. The highest BCUT2D eigenvalue weighted by Crippen LogP contribution is 2.28. The fourth-order valence-corrected chi connectivity index (χ4v) is 9.28. The first-order valence-corrected chi connectivity index (χ1v) is 23.5. The summed E-state index contributed by atoms with van der Waals surface area (Å²) in [6, 6.07) is 6.60. The number of hydrogen-bond acceptors (Lipinski definition) is 13. The lowest BCUT2D eigenvalue weighted by Gasteiger charge is -2.31. The molecule has 4 atom stereocenters. The number of imidazole rings is 1. The second-order valence-electron chi connectivity index (χ2n) is 17.3. The molecule has 0 radical (unpaired) electrons. The Kier molecular flexibility index (Phi) is 18.1. The molecule has 4 unspecified atom stereocenters. The zero-order chi connectivity index (χ0) is 48.2. The van der Waals surface area contributed by atoms with E-state index < -0.39 is 24.4 Å². The molecule has 1 saturated carbocycles. The number of imide groups is 1. The number of benzene rings is 1. The van der Waals surface area contributed by atoms with Crippen molar-refractivity contribution >= 4 is 40.6 Å². The standard InChI is InChI=1S/C22H26N4O4.C13H16N4O2.C11H19F2N3.C2H6/c1-24-12-10-16(11-13-24)30-14-4-6-15-5-3-7-17-20(15)25(2)22(29)26(17)18-8-9-19(27)23-21(18)28;1-9-5-11(19-2)7-16(9)12-3-4-17-13(15-12)10(8-18)6-14-17;1-14-9-7-16(15-10(9)11(12)13)8-5-3-2-4-6-8;1-2/h3,5,7,16,18H,8-14H2,1-2H3,(H,23,27,28);3-4,6,8-9,11H,5,7H2,1-2H3;7-8,10-11,14-15H,2-6H2,1H3;1-2H3. The molecule has 19 heteroatoms. The summed E-state index contributed by atoms with van der Waals surface area (Å²) in [6.07, 6.45) is 13.4. The number of nitrogens with one attached hydrogen (secondary N) is 3. The van der Waals surface area contributed by atoms with Crippen LogP contribution in [-0.2, 0) is 26.1 Å². The maximum absolute atomic E-state index is 12.9. The maximum Gasteiger partial charge on any atom is 0.329 e. The topological polar surface area (TPSA) is 173 Å². The van der Waals surface area contributed by atoms with Crippen LogP contribution in [0.1, 0.15) is 107 Å². The first-order valence-electron chi connectivity index (χ1n) is 23.5. The van der Waals surface area contributed by atoms with Gasteiger partial charge in [-0.1, -0.05) is 51.0 Å². The number of likely N-dealkylation sites (tertiary alicyclic amines) is 1. The zero-order valence-electron chi connectivity index (χ0n) is 39.8. The van der Waals surface area contributed by atoms with E-state index in [2.05, 4.69) is 61.8 Å². The number of para-hydroxylation sites is 1. The number of aryl methyl sites for hydroxylation is 1. The first kappa shape index (κ1) is 50.7. The summed E-state index contributed by atoms with van der Waals surface area (Å²) >= 11 is 0. The highest BCUT2D eigenvalue weighted by Gasteiger charge is 2.35. The number of nitrogens with zero attached hydrogens (tertiary/aromatic N) is 8. The molecule has 0 spiro atoms. The minimum Gasteiger partial charge on any atom is -0.389 e. The Morgan fingerprint density at radius 1 is 1.01 bits per heavy atom. The number of halogens is 2. The number of rotatable bonds is 9. The average Bonchev–Trinajstić information content (AvgIpc) is 4.13. The Hall–Kier alpha value is -5.68. The minimum absolute atomic E-state index is 0.215. The van der Waals surface area contributed by atoms with E-state index in [0.29, 0.717) is 58.6 Å². The summed E-state index contributed by atoms with van der Waals surface area (Å²) in [5, 5.41) is 11.1. The van der Waals surface area contributed by atoms with Crippen molar-refractivity contribution in [3.8, 4) is 11.8 Å². The van der Waals surface area contributed by atoms with E-state index in [0.717, 1.165) is 63.8 Å². The van der Waals surface area contributed by atoms with Crippen molar-refractivity contribution in [2.45, 2.75) is 128 Å². The van der Waals surface area contributed by atoms with Gasteiger partial charge in [-0.05, 0) is 70.7 Å². The molecule has 4 fully saturated rings. The summed E-state index contributed by atoms with van der Waals surface area (Å²) in [7, 11) is 7.21. The number of hydrogen-bond donors (Lipinski definition) is 3. The van der Waals surface area contributed by atoms with Gasteiger partial charge < -0.3 is 29.6 Å². The number of fused-ring (bicyclic) bond motifs is 2. The monoisotopic (exact) mass is 932 g/mol. The van der Waals surface area contributed by atoms with Crippen LogP contribution in [0, 0.1) is 11.8 Å². The molecule has 3 N–H and O–H groups in total. The number of amides is 2. The number of piperidine rings is 2. The molecular formula is C48H67F2N11O6. The third kappa shape index (κ3) is 12.1. The van der Waals surface area contributed by atoms with Crippen LogP contribution in [0.15, 0.2) is 53.4 Å². The smallest absolute Gasteiger partial charge is 0.329 e. The van der Waals surface area contributed by atoms with E-state index in [4.69, 9.17) is 9.47 Å². The second kappa shape index (κ2) is 23.9. The van der Waals surface area contributed by atoms with Crippen LogP contribution in [0.2, 0.25) is 0 Å². The molecule has 4 aromatic rings. The Morgan fingerprint density at radius 2 is 1.76 bits per heavy atom. The van der Waals surface area contributed by atoms with Crippen molar-refractivity contribution in [1.29, 1.82) is 0 Å². The third-order valence-electron chi connectivity index (χ3n) is 13.0. The number of carbonyl (C=O) groups is 3. The van der Waals surface area contributed by atoms with Crippen LogP contribution in [0.5, 0.6) is 0 Å². The van der Waals surface area contributed by atoms with Gasteiger partial charge in [0.25, 0.3) is 6.43 Å². The zero-order valence-corrected chi connectivity index (χ0v) is 39.8. The molecule has 1 aromatic carbocycles. The van der Waals surface area contributed by atoms with Crippen LogP contribution < -0.4 is 26.6 Å². The maximum atomic E-state index is 12.9. The summed E-state index contributed by atoms with van der Waals surface area (Å²) in [5.74, 6) is 6.31. The summed E-state index contributed by atoms with van der Waals surface area (Å²) in [6.45, 7) is 9.39. The van der Waals surface area contributed by atoms with Crippen molar-refractivity contribution in [3.63, 3.8) is 0 Å². The largest absolute Gasteiger partial charge is 0.389 e. The number of hydrazine groups is 1. The van der Waals surface area contributed by atoms with Crippen LogP contribution in [0.4, 0.5) is 14.6 Å². The Morgan fingerprint density at radius 3 is 2.40 bits per heavy atom. The number of aldehydes is 1. The molecule has 17 nitrogen and oxygen atoms in total. The number of ether oxygens (including phenoxy) is 2. The summed E-state index contributed by atoms with van der Waals surface area (Å²) in [5.41, 5.74) is 6.32. The molecule has 364 valence electrons. The molecule has 1 aliphatic carbocycles. The van der Waals surface area contributed by atoms with E-state index in [1.165, 1.54) is 34.6 Å². The number of carbonyl (C=O) groups excluding carboxylic acids is 3. The van der Waals surface area contributed by atoms with Crippen LogP contribution >= 0.6 is 0 Å². The molecule has 9 rings (SSSR count). The van der Waals surface area contributed by atoms with Gasteiger partial charge in [-0.3, -0.25) is 28.8 Å². The van der Waals surface area contributed by atoms with Gasteiger partial charge >= 0.3 is 5.69 Å². The lowest BCUT2D eigenvalue weighted by Crippen LogP contribution is -2.46. The minimum atomic E-state index is -2.37. The van der Waals surface area contributed by atoms with Gasteiger partial charge in [0.05, 0.1) is 46.3 Å². The average molecular weight is 932 g/mol. The Balaban J connectivity index is 0.000000173. The molecule has 3 aromatic heterocycles. The molecule has 5 aliphatic rings. The van der Waals surface area contributed by atoms with Gasteiger partial charge in [-0.25, -0.2) is 28.5 Å². The van der Waals surface area contributed by atoms with Crippen LogP contribution in [0.3, 0.4) is 0 Å². The SMILES string of the molecule is CC.CN1CCC(OCC#Cc2cccc3c2n(C)c(=O)n3C2CCC(=O)NC2=O)CC1.CNC1=CN(C2CCCCC2)NC1C(F)F.COC1CC(C)N(c2ccn3ncc(C=O)c3n2)C1. The van der Waals surface area contributed by atoms with Gasteiger partial charge in [0.15, 0.2) is 11.9 Å². The predicted octanol–water partition coefficient (Wildman–Crippen LogP) is 4.80.